The molecule has 26 heavy (non-hydrogen) atoms. The predicted octanol–water partition coefficient (Wildman–Crippen LogP) is 2.67. The van der Waals surface area contributed by atoms with Crippen molar-refractivity contribution < 1.29 is 14.7 Å². The number of β-amino-alcohol motifs (C(OH)–C–C–N with tert-alkyl or cyclic N) is 1. The number of carbonyl (C=O) groups excluding carboxylic acids is 2. The summed E-state index contributed by atoms with van der Waals surface area (Å²) >= 11 is 0. The number of aliphatic hydroxyl groups excluding tert-OH is 1. The summed E-state index contributed by atoms with van der Waals surface area (Å²) in [6.45, 7) is 4.09. The van der Waals surface area contributed by atoms with Gasteiger partial charge in [-0.15, -0.1) is 0 Å². The summed E-state index contributed by atoms with van der Waals surface area (Å²) in [5.41, 5.74) is 3.18. The second-order valence-electron chi connectivity index (χ2n) is 6.77. The van der Waals surface area contributed by atoms with Crippen LogP contribution in [0.3, 0.4) is 0 Å². The van der Waals surface area contributed by atoms with E-state index >= 15 is 0 Å². The van der Waals surface area contributed by atoms with Crippen molar-refractivity contribution in [3.8, 4) is 0 Å². The van der Waals surface area contributed by atoms with E-state index in [0.717, 1.165) is 16.2 Å². The third-order valence-corrected chi connectivity index (χ3v) is 4.71. The minimum absolute atomic E-state index is 0.00352. The lowest BCUT2D eigenvalue weighted by Gasteiger charge is -2.26. The van der Waals surface area contributed by atoms with E-state index in [0.29, 0.717) is 0 Å². The molecule has 1 aliphatic heterocycles. The zero-order valence-electron chi connectivity index (χ0n) is 14.9. The lowest BCUT2D eigenvalue weighted by atomic mass is 9.78. The van der Waals surface area contributed by atoms with E-state index in [2.05, 4.69) is 31.3 Å². The van der Waals surface area contributed by atoms with Crippen molar-refractivity contribution in [3.05, 3.63) is 77.5 Å². The number of nitrogens with zero attached hydrogens (tertiary/aromatic N) is 1. The predicted molar refractivity (Wildman–Crippen MR) is 101 cm³/mol. The van der Waals surface area contributed by atoms with Crippen molar-refractivity contribution in [1.29, 1.82) is 0 Å². The molecular weight excluding hydrogens is 328 g/mol. The number of imide groups is 1. The van der Waals surface area contributed by atoms with Crippen molar-refractivity contribution in [2.24, 2.45) is 0 Å². The monoisotopic (exact) mass is 350 g/mol. The summed E-state index contributed by atoms with van der Waals surface area (Å²) in [4.78, 5) is 25.0. The lowest BCUT2D eigenvalue weighted by Crippen LogP contribution is -2.34. The zero-order valence-corrected chi connectivity index (χ0v) is 14.9. The maximum absolute atomic E-state index is 12.2. The van der Waals surface area contributed by atoms with Crippen LogP contribution in [0.2, 0.25) is 0 Å². The largest absolute Gasteiger partial charge is 0.395 e. The molecule has 0 atom stereocenters. The molecule has 0 spiro atoms. The van der Waals surface area contributed by atoms with Gasteiger partial charge in [0.2, 0.25) is 0 Å². The molecule has 0 unspecified atom stereocenters. The van der Waals surface area contributed by atoms with Crippen LogP contribution < -0.4 is 5.32 Å². The van der Waals surface area contributed by atoms with Gasteiger partial charge in [0.25, 0.3) is 11.8 Å². The highest BCUT2D eigenvalue weighted by atomic mass is 16.3. The minimum atomic E-state index is -0.419. The number of benzene rings is 2. The van der Waals surface area contributed by atoms with Gasteiger partial charge in [-0.3, -0.25) is 14.5 Å². The number of nitrogens with one attached hydrogen (secondary N) is 1. The van der Waals surface area contributed by atoms with E-state index < -0.39 is 11.8 Å². The fourth-order valence-corrected chi connectivity index (χ4v) is 3.06. The van der Waals surface area contributed by atoms with Gasteiger partial charge in [-0.05, 0) is 23.3 Å². The summed E-state index contributed by atoms with van der Waals surface area (Å²) in [6, 6.07) is 18.1. The molecular formula is C21H22N2O3. The van der Waals surface area contributed by atoms with Gasteiger partial charge in [0.15, 0.2) is 0 Å². The van der Waals surface area contributed by atoms with Crippen LogP contribution in [-0.2, 0) is 15.0 Å². The van der Waals surface area contributed by atoms with E-state index in [1.807, 2.05) is 42.5 Å². The Hall–Kier alpha value is -2.92. The van der Waals surface area contributed by atoms with Gasteiger partial charge >= 0.3 is 0 Å². The van der Waals surface area contributed by atoms with Gasteiger partial charge in [0.05, 0.1) is 13.2 Å². The first kappa shape index (κ1) is 17.9. The van der Waals surface area contributed by atoms with E-state index in [-0.39, 0.29) is 24.3 Å². The molecule has 5 heteroatoms. The van der Waals surface area contributed by atoms with Gasteiger partial charge in [-0.2, -0.15) is 0 Å². The fourth-order valence-electron chi connectivity index (χ4n) is 3.06. The molecule has 0 fully saturated rings. The molecule has 0 aliphatic carbocycles. The zero-order chi connectivity index (χ0) is 18.7. The molecule has 2 aromatic rings. The molecule has 3 rings (SSSR count). The van der Waals surface area contributed by atoms with Crippen molar-refractivity contribution in [1.82, 2.24) is 4.90 Å². The molecule has 2 amide bonds. The maximum Gasteiger partial charge on any atom is 0.277 e. The highest BCUT2D eigenvalue weighted by molar-refractivity contribution is 6.17. The molecule has 2 N–H and O–H groups in total. The summed E-state index contributed by atoms with van der Waals surface area (Å²) < 4.78 is 0. The Morgan fingerprint density at radius 1 is 0.962 bits per heavy atom. The number of hydrogen-bond donors (Lipinski definition) is 2. The van der Waals surface area contributed by atoms with E-state index in [1.54, 1.807) is 0 Å². The van der Waals surface area contributed by atoms with E-state index in [4.69, 9.17) is 5.11 Å². The lowest BCUT2D eigenvalue weighted by molar-refractivity contribution is -0.137. The Morgan fingerprint density at radius 3 is 2.19 bits per heavy atom. The van der Waals surface area contributed by atoms with Crippen molar-refractivity contribution in [3.63, 3.8) is 0 Å². The maximum atomic E-state index is 12.2. The first-order chi connectivity index (χ1) is 12.4. The van der Waals surface area contributed by atoms with Gasteiger partial charge in [-0.25, -0.2) is 0 Å². The molecule has 134 valence electrons. The second kappa shape index (κ2) is 7.14. The number of aliphatic hydroxyl groups is 1. The first-order valence-corrected chi connectivity index (χ1v) is 8.55. The van der Waals surface area contributed by atoms with E-state index in [9.17, 15) is 9.59 Å². The smallest absolute Gasteiger partial charge is 0.277 e. The number of hydrogen-bond acceptors (Lipinski definition) is 4. The second-order valence-corrected chi connectivity index (χ2v) is 6.77. The summed E-state index contributed by atoms with van der Waals surface area (Å²) in [5.74, 6) is -0.828. The normalized spacial score (nSPS) is 14.6. The molecule has 1 heterocycles. The van der Waals surface area contributed by atoms with Crippen LogP contribution in [0.4, 0.5) is 5.69 Å². The standard InChI is InChI=1S/C21H22N2O3/c1-21(2,15-6-4-3-5-7-15)16-8-10-17(11-9-16)22-18-14-19(25)23(12-13-24)20(18)26/h3-11,14,22,24H,12-13H2,1-2H3. The van der Waals surface area contributed by atoms with Crippen LogP contribution in [-0.4, -0.2) is 35.0 Å². The Bertz CT molecular complexity index is 839. The number of amides is 2. The molecule has 0 bridgehead atoms. The average molecular weight is 350 g/mol. The van der Waals surface area contributed by atoms with Crippen molar-refractivity contribution >= 4 is 17.5 Å². The van der Waals surface area contributed by atoms with Crippen molar-refractivity contribution in [2.75, 3.05) is 18.5 Å². The molecule has 0 saturated carbocycles. The van der Waals surface area contributed by atoms with Crippen LogP contribution in [0, 0.1) is 0 Å². The summed E-state index contributed by atoms with van der Waals surface area (Å²) in [5, 5.41) is 11.9. The Labute approximate surface area is 153 Å². The molecule has 5 nitrogen and oxygen atoms in total. The number of carbonyl (C=O) groups is 2. The number of anilines is 1. The third-order valence-electron chi connectivity index (χ3n) is 4.71. The topological polar surface area (TPSA) is 69.6 Å². The fraction of sp³-hybridized carbons (Fsp3) is 0.238. The Balaban J connectivity index is 1.76. The molecule has 2 aromatic carbocycles. The van der Waals surface area contributed by atoms with Gasteiger partial charge < -0.3 is 10.4 Å². The van der Waals surface area contributed by atoms with Gasteiger partial charge in [-0.1, -0.05) is 56.3 Å². The molecule has 0 saturated heterocycles. The third kappa shape index (κ3) is 3.39. The van der Waals surface area contributed by atoms with Crippen molar-refractivity contribution in [2.45, 2.75) is 19.3 Å². The van der Waals surface area contributed by atoms with Gasteiger partial charge in [0, 0.05) is 17.2 Å². The summed E-state index contributed by atoms with van der Waals surface area (Å²) in [6.07, 6.45) is 1.26. The average Bonchev–Trinajstić information content (AvgIpc) is 2.91. The SMILES string of the molecule is CC(C)(c1ccccc1)c1ccc(NC2=CC(=O)N(CCO)C2=O)cc1. The number of rotatable bonds is 6. The van der Waals surface area contributed by atoms with Gasteiger partial charge in [0.1, 0.15) is 5.70 Å². The molecule has 0 radical (unpaired) electrons. The van der Waals surface area contributed by atoms with Crippen LogP contribution >= 0.6 is 0 Å². The highest BCUT2D eigenvalue weighted by Gasteiger charge is 2.30. The Morgan fingerprint density at radius 2 is 1.58 bits per heavy atom. The first-order valence-electron chi connectivity index (χ1n) is 8.55. The van der Waals surface area contributed by atoms with Crippen LogP contribution in [0.25, 0.3) is 0 Å². The molecule has 0 aromatic heterocycles. The Kier molecular flexibility index (Phi) is 4.91. The van der Waals surface area contributed by atoms with Crippen LogP contribution in [0.5, 0.6) is 0 Å². The quantitative estimate of drug-likeness (QED) is 0.786. The van der Waals surface area contributed by atoms with Crippen LogP contribution in [0.15, 0.2) is 66.4 Å². The summed E-state index contributed by atoms with van der Waals surface area (Å²) in [7, 11) is 0. The highest BCUT2D eigenvalue weighted by Crippen LogP contribution is 2.32. The minimum Gasteiger partial charge on any atom is -0.395 e. The van der Waals surface area contributed by atoms with E-state index in [1.165, 1.54) is 11.6 Å². The van der Waals surface area contributed by atoms with Crippen LogP contribution in [0.1, 0.15) is 25.0 Å². The molecule has 1 aliphatic rings.